The molecule has 0 saturated heterocycles. The molecule has 0 fully saturated rings. The second kappa shape index (κ2) is 10.6. The summed E-state index contributed by atoms with van der Waals surface area (Å²) in [5.41, 5.74) is 9.41. The number of hydrogen-bond acceptors (Lipinski definition) is 1. The first kappa shape index (κ1) is 26.0. The molecule has 0 amide bonds. The highest BCUT2D eigenvalue weighted by Crippen LogP contribution is 2.45. The fourth-order valence-electron chi connectivity index (χ4n) is 6.78. The summed E-state index contributed by atoms with van der Waals surface area (Å²) in [5.74, 6) is 0.869. The van der Waals surface area contributed by atoms with Gasteiger partial charge in [0.15, 0.2) is 0 Å². The quantitative estimate of drug-likeness (QED) is 0.150. The summed E-state index contributed by atoms with van der Waals surface area (Å²) >= 11 is 0. The molecule has 44 heavy (non-hydrogen) atoms. The minimum absolute atomic E-state index is 0.869. The van der Waals surface area contributed by atoms with Crippen molar-refractivity contribution in [2.45, 2.75) is 6.92 Å². The van der Waals surface area contributed by atoms with Crippen LogP contribution in [0.4, 0.5) is 0 Å². The Kier molecular flexibility index (Phi) is 6.24. The van der Waals surface area contributed by atoms with Crippen LogP contribution in [0.25, 0.3) is 82.7 Å². The van der Waals surface area contributed by atoms with Crippen molar-refractivity contribution in [1.29, 1.82) is 0 Å². The summed E-state index contributed by atoms with van der Waals surface area (Å²) in [6.07, 6.45) is 5.67. The number of hydrogen-bond donors (Lipinski definition) is 0. The number of benzene rings is 7. The van der Waals surface area contributed by atoms with Gasteiger partial charge in [-0.15, -0.1) is 0 Å². The van der Waals surface area contributed by atoms with Crippen LogP contribution >= 0.6 is 0 Å². The molecule has 1 nitrogen and oxygen atoms in total. The van der Waals surface area contributed by atoms with Gasteiger partial charge in [0, 0.05) is 10.9 Å². The lowest BCUT2D eigenvalue weighted by Gasteiger charge is -2.18. The lowest BCUT2D eigenvalue weighted by molar-refractivity contribution is 0.601. The predicted molar refractivity (Wildman–Crippen MR) is 189 cm³/mol. The monoisotopic (exact) mass is 562 g/mol. The van der Waals surface area contributed by atoms with Crippen molar-refractivity contribution in [1.82, 2.24) is 0 Å². The van der Waals surface area contributed by atoms with Crippen molar-refractivity contribution in [3.63, 3.8) is 0 Å². The normalized spacial score (nSPS) is 11.8. The van der Waals surface area contributed by atoms with Crippen molar-refractivity contribution in [3.05, 3.63) is 164 Å². The van der Waals surface area contributed by atoms with E-state index in [1.807, 2.05) is 12.2 Å². The van der Waals surface area contributed by atoms with Gasteiger partial charge in [0.2, 0.25) is 0 Å². The zero-order valence-corrected chi connectivity index (χ0v) is 24.5. The number of rotatable bonds is 5. The van der Waals surface area contributed by atoms with E-state index in [4.69, 9.17) is 4.42 Å². The summed E-state index contributed by atoms with van der Waals surface area (Å²) in [5, 5.41) is 8.62. The molecule has 0 aliphatic heterocycles. The largest absolute Gasteiger partial charge is 0.456 e. The summed E-state index contributed by atoms with van der Waals surface area (Å²) < 4.78 is 6.18. The fraction of sp³-hybridized carbons (Fsp3) is 0.0233. The zero-order chi connectivity index (χ0) is 29.6. The van der Waals surface area contributed by atoms with E-state index < -0.39 is 0 Å². The standard InChI is InChI=1S/C43H30O/c1-3-4-23-40-28(2)39-27-32(24-25-41(39)44-40)43-37-20-9-7-18-35(37)42(36-19-8-10-21-38(36)43)31-16-11-15-30(26-31)34-22-12-14-29-13-5-6-17-33(29)34/h3-27H,1H2,2H3/b23-4-. The van der Waals surface area contributed by atoms with E-state index in [-0.39, 0.29) is 0 Å². The molecule has 1 heteroatoms. The molecule has 0 N–H and O–H groups in total. The molecule has 1 aromatic heterocycles. The molecular weight excluding hydrogens is 532 g/mol. The zero-order valence-electron chi connectivity index (χ0n) is 24.5. The van der Waals surface area contributed by atoms with Gasteiger partial charge in [-0.1, -0.05) is 134 Å². The Bertz CT molecular complexity index is 2360. The van der Waals surface area contributed by atoms with Crippen LogP contribution < -0.4 is 0 Å². The highest BCUT2D eigenvalue weighted by molar-refractivity contribution is 6.22. The third-order valence-corrected chi connectivity index (χ3v) is 8.83. The summed E-state index contributed by atoms with van der Waals surface area (Å²) in [4.78, 5) is 0. The van der Waals surface area contributed by atoms with Gasteiger partial charge >= 0.3 is 0 Å². The van der Waals surface area contributed by atoms with Crippen molar-refractivity contribution < 1.29 is 4.42 Å². The lowest BCUT2D eigenvalue weighted by atomic mass is 9.85. The second-order valence-electron chi connectivity index (χ2n) is 11.3. The maximum absolute atomic E-state index is 6.18. The first-order chi connectivity index (χ1) is 21.7. The van der Waals surface area contributed by atoms with Gasteiger partial charge in [0.1, 0.15) is 11.3 Å². The molecule has 0 bridgehead atoms. The Balaban J connectivity index is 1.38. The van der Waals surface area contributed by atoms with Crippen molar-refractivity contribution in [3.8, 4) is 33.4 Å². The number of furan rings is 1. The number of aryl methyl sites for hydroxylation is 1. The number of allylic oxidation sites excluding steroid dienone is 2. The molecule has 1 heterocycles. The van der Waals surface area contributed by atoms with Crippen LogP contribution in [0.5, 0.6) is 0 Å². The lowest BCUT2D eigenvalue weighted by Crippen LogP contribution is -1.91. The van der Waals surface area contributed by atoms with Crippen LogP contribution in [0, 0.1) is 6.92 Å². The minimum atomic E-state index is 0.869. The van der Waals surface area contributed by atoms with Gasteiger partial charge in [0.25, 0.3) is 0 Å². The molecule has 0 atom stereocenters. The van der Waals surface area contributed by atoms with E-state index in [1.165, 1.54) is 65.7 Å². The maximum Gasteiger partial charge on any atom is 0.135 e. The number of fused-ring (bicyclic) bond motifs is 4. The Hall–Kier alpha value is -5.66. The average Bonchev–Trinajstić information content (AvgIpc) is 3.40. The molecular formula is C43H30O. The third kappa shape index (κ3) is 4.17. The van der Waals surface area contributed by atoms with Gasteiger partial charge in [0.05, 0.1) is 0 Å². The van der Waals surface area contributed by atoms with Gasteiger partial charge in [-0.05, 0) is 96.9 Å². The van der Waals surface area contributed by atoms with E-state index in [0.717, 1.165) is 22.3 Å². The minimum Gasteiger partial charge on any atom is -0.456 e. The first-order valence-electron chi connectivity index (χ1n) is 15.1. The smallest absolute Gasteiger partial charge is 0.135 e. The fourth-order valence-corrected chi connectivity index (χ4v) is 6.78. The molecule has 7 aromatic carbocycles. The average molecular weight is 563 g/mol. The van der Waals surface area contributed by atoms with Gasteiger partial charge < -0.3 is 4.42 Å². The van der Waals surface area contributed by atoms with Crippen LogP contribution in [0.3, 0.4) is 0 Å². The Morgan fingerprint density at radius 1 is 0.523 bits per heavy atom. The summed E-state index contributed by atoms with van der Waals surface area (Å²) in [6.45, 7) is 5.93. The molecule has 0 aliphatic rings. The third-order valence-electron chi connectivity index (χ3n) is 8.83. The van der Waals surface area contributed by atoms with E-state index in [2.05, 4.69) is 147 Å². The Labute approximate surface area is 257 Å². The van der Waals surface area contributed by atoms with Crippen LogP contribution in [0.1, 0.15) is 11.3 Å². The van der Waals surface area contributed by atoms with Crippen molar-refractivity contribution in [2.75, 3.05) is 0 Å². The van der Waals surface area contributed by atoms with Crippen molar-refractivity contribution >= 4 is 49.4 Å². The van der Waals surface area contributed by atoms with E-state index in [1.54, 1.807) is 6.08 Å². The summed E-state index contributed by atoms with van der Waals surface area (Å²) in [7, 11) is 0. The highest BCUT2D eigenvalue weighted by Gasteiger charge is 2.18. The molecule has 0 unspecified atom stereocenters. The van der Waals surface area contributed by atoms with E-state index >= 15 is 0 Å². The molecule has 208 valence electrons. The van der Waals surface area contributed by atoms with Gasteiger partial charge in [-0.3, -0.25) is 0 Å². The highest BCUT2D eigenvalue weighted by atomic mass is 16.3. The molecule has 8 rings (SSSR count). The topological polar surface area (TPSA) is 13.1 Å². The Morgan fingerprint density at radius 3 is 1.77 bits per heavy atom. The SMILES string of the molecule is C=C/C=C\c1oc2ccc(-c3c4ccccc4c(-c4cccc(-c5cccc6ccccc56)c4)c4ccccc34)cc2c1C. The van der Waals surface area contributed by atoms with Crippen molar-refractivity contribution in [2.24, 2.45) is 0 Å². The van der Waals surface area contributed by atoms with E-state index in [9.17, 15) is 0 Å². The molecule has 0 aliphatic carbocycles. The van der Waals surface area contributed by atoms with Crippen LogP contribution in [-0.2, 0) is 0 Å². The maximum atomic E-state index is 6.18. The van der Waals surface area contributed by atoms with Gasteiger partial charge in [-0.25, -0.2) is 0 Å². The van der Waals surface area contributed by atoms with E-state index in [0.29, 0.717) is 0 Å². The molecule has 0 radical (unpaired) electrons. The second-order valence-corrected chi connectivity index (χ2v) is 11.3. The Morgan fingerprint density at radius 2 is 1.09 bits per heavy atom. The van der Waals surface area contributed by atoms with Gasteiger partial charge in [-0.2, -0.15) is 0 Å². The molecule has 0 spiro atoms. The van der Waals surface area contributed by atoms with Crippen LogP contribution in [0.15, 0.2) is 157 Å². The molecule has 0 saturated carbocycles. The molecule has 8 aromatic rings. The predicted octanol–water partition coefficient (Wildman–Crippen LogP) is 12.4. The van der Waals surface area contributed by atoms with Crippen LogP contribution in [-0.4, -0.2) is 0 Å². The summed E-state index contributed by atoms with van der Waals surface area (Å²) in [6, 6.07) is 48.5. The first-order valence-corrected chi connectivity index (χ1v) is 15.1. The van der Waals surface area contributed by atoms with Crippen LogP contribution in [0.2, 0.25) is 0 Å².